The molecule has 1 saturated heterocycles. The van der Waals surface area contributed by atoms with Crippen molar-refractivity contribution in [2.75, 3.05) is 13.1 Å². The highest BCUT2D eigenvalue weighted by Gasteiger charge is 2.24. The molecule has 5 heteroatoms. The summed E-state index contributed by atoms with van der Waals surface area (Å²) in [6.07, 6.45) is 1.77. The molecule has 1 aliphatic rings. The average molecular weight is 294 g/mol. The van der Waals surface area contributed by atoms with Crippen molar-refractivity contribution in [1.82, 2.24) is 10.2 Å². The van der Waals surface area contributed by atoms with Crippen LogP contribution in [0, 0.1) is 11.7 Å². The number of carbonyl (C=O) groups is 1. The Bertz CT molecular complexity index is 497. The minimum absolute atomic E-state index is 0.0405. The van der Waals surface area contributed by atoms with Gasteiger partial charge in [-0.3, -0.25) is 4.79 Å². The second-order valence-corrected chi connectivity index (χ2v) is 5.88. The van der Waals surface area contributed by atoms with E-state index in [-0.39, 0.29) is 17.6 Å². The van der Waals surface area contributed by atoms with Crippen LogP contribution in [0.5, 0.6) is 5.75 Å². The second-order valence-electron chi connectivity index (χ2n) is 5.88. The van der Waals surface area contributed by atoms with Gasteiger partial charge in [-0.15, -0.1) is 0 Å². The molecule has 1 aliphatic heterocycles. The maximum atomic E-state index is 13.2. The van der Waals surface area contributed by atoms with Crippen LogP contribution in [-0.2, 0) is 11.3 Å². The van der Waals surface area contributed by atoms with Crippen LogP contribution in [0.4, 0.5) is 4.39 Å². The van der Waals surface area contributed by atoms with Crippen LogP contribution in [0.15, 0.2) is 18.2 Å². The number of nitrogens with zero attached hydrogens (tertiary/aromatic N) is 1. The third-order valence-electron chi connectivity index (χ3n) is 3.95. The molecule has 1 aromatic carbocycles. The molecule has 116 valence electrons. The van der Waals surface area contributed by atoms with Crippen molar-refractivity contribution in [2.24, 2.45) is 5.92 Å². The minimum atomic E-state index is -0.591. The number of amides is 1. The number of nitrogens with one attached hydrogen (secondary N) is 1. The number of para-hydroxylation sites is 1. The molecule has 1 aromatic rings. The summed E-state index contributed by atoms with van der Waals surface area (Å²) in [7, 11) is 0. The monoisotopic (exact) mass is 294 g/mol. The largest absolute Gasteiger partial charge is 0.505 e. The van der Waals surface area contributed by atoms with Gasteiger partial charge >= 0.3 is 0 Å². The summed E-state index contributed by atoms with van der Waals surface area (Å²) in [5, 5.41) is 13.0. The Hall–Kier alpha value is -1.62. The SMILES string of the molecule is CC(C)C(=O)N1CCC(NCc2cccc(F)c2O)CC1. The van der Waals surface area contributed by atoms with Gasteiger partial charge in [0.15, 0.2) is 11.6 Å². The fraction of sp³-hybridized carbons (Fsp3) is 0.562. The fourth-order valence-electron chi connectivity index (χ4n) is 2.63. The van der Waals surface area contributed by atoms with Crippen LogP contribution in [-0.4, -0.2) is 35.0 Å². The van der Waals surface area contributed by atoms with Gasteiger partial charge in [-0.2, -0.15) is 0 Å². The van der Waals surface area contributed by atoms with Gasteiger partial charge in [0.25, 0.3) is 0 Å². The maximum Gasteiger partial charge on any atom is 0.225 e. The fourth-order valence-corrected chi connectivity index (χ4v) is 2.63. The molecule has 1 heterocycles. The van der Waals surface area contributed by atoms with Crippen LogP contribution in [0.2, 0.25) is 0 Å². The van der Waals surface area contributed by atoms with Crippen molar-refractivity contribution in [1.29, 1.82) is 0 Å². The van der Waals surface area contributed by atoms with E-state index in [0.717, 1.165) is 25.9 Å². The zero-order chi connectivity index (χ0) is 15.4. The van der Waals surface area contributed by atoms with Crippen molar-refractivity contribution in [3.05, 3.63) is 29.6 Å². The lowest BCUT2D eigenvalue weighted by Gasteiger charge is -2.33. The van der Waals surface area contributed by atoms with E-state index in [9.17, 15) is 14.3 Å². The first-order valence-electron chi connectivity index (χ1n) is 7.47. The molecule has 1 amide bonds. The highest BCUT2D eigenvalue weighted by atomic mass is 19.1. The number of halogens is 1. The van der Waals surface area contributed by atoms with Crippen molar-refractivity contribution in [3.8, 4) is 5.75 Å². The predicted molar refractivity (Wildman–Crippen MR) is 79.3 cm³/mol. The molecule has 0 spiro atoms. The topological polar surface area (TPSA) is 52.6 Å². The lowest BCUT2D eigenvalue weighted by molar-refractivity contribution is -0.135. The standard InChI is InChI=1S/C16H23FN2O2/c1-11(2)16(21)19-8-6-13(7-9-19)18-10-12-4-3-5-14(17)15(12)20/h3-5,11,13,18,20H,6-10H2,1-2H3. The van der Waals surface area contributed by atoms with Gasteiger partial charge in [0.2, 0.25) is 5.91 Å². The summed E-state index contributed by atoms with van der Waals surface area (Å²) < 4.78 is 13.2. The Morgan fingerprint density at radius 1 is 1.43 bits per heavy atom. The Morgan fingerprint density at radius 3 is 2.71 bits per heavy atom. The van der Waals surface area contributed by atoms with Crippen molar-refractivity contribution >= 4 is 5.91 Å². The van der Waals surface area contributed by atoms with Gasteiger partial charge in [-0.25, -0.2) is 4.39 Å². The van der Waals surface area contributed by atoms with Gasteiger partial charge < -0.3 is 15.3 Å². The number of hydrogen-bond donors (Lipinski definition) is 2. The highest BCUT2D eigenvalue weighted by molar-refractivity contribution is 5.78. The Kier molecular flexibility index (Phi) is 5.17. The van der Waals surface area contributed by atoms with E-state index in [2.05, 4.69) is 5.32 Å². The number of aromatic hydroxyl groups is 1. The molecule has 0 bridgehead atoms. The first kappa shape index (κ1) is 15.8. The molecule has 0 atom stereocenters. The van der Waals surface area contributed by atoms with Crippen LogP contribution in [0.3, 0.4) is 0 Å². The van der Waals surface area contributed by atoms with Crippen LogP contribution >= 0.6 is 0 Å². The van der Waals surface area contributed by atoms with E-state index >= 15 is 0 Å². The quantitative estimate of drug-likeness (QED) is 0.895. The van der Waals surface area contributed by atoms with Gasteiger partial charge in [-0.1, -0.05) is 26.0 Å². The molecule has 0 saturated carbocycles. The molecule has 2 N–H and O–H groups in total. The highest BCUT2D eigenvalue weighted by Crippen LogP contribution is 2.21. The Labute approximate surface area is 125 Å². The molecule has 0 radical (unpaired) electrons. The van der Waals surface area contributed by atoms with Crippen molar-refractivity contribution in [2.45, 2.75) is 39.3 Å². The van der Waals surface area contributed by atoms with Gasteiger partial charge in [0.05, 0.1) is 0 Å². The molecule has 0 unspecified atom stereocenters. The Balaban J connectivity index is 1.82. The molecular formula is C16H23FN2O2. The summed E-state index contributed by atoms with van der Waals surface area (Å²) in [5.41, 5.74) is 0.565. The number of piperidine rings is 1. The summed E-state index contributed by atoms with van der Waals surface area (Å²) >= 11 is 0. The smallest absolute Gasteiger partial charge is 0.225 e. The van der Waals surface area contributed by atoms with E-state index in [0.29, 0.717) is 18.2 Å². The zero-order valence-corrected chi connectivity index (χ0v) is 12.6. The van der Waals surface area contributed by atoms with E-state index in [1.165, 1.54) is 6.07 Å². The summed E-state index contributed by atoms with van der Waals surface area (Å²) in [4.78, 5) is 13.8. The van der Waals surface area contributed by atoms with E-state index in [1.807, 2.05) is 18.7 Å². The summed E-state index contributed by atoms with van der Waals surface area (Å²) in [5.74, 6) is -0.626. The predicted octanol–water partition coefficient (Wildman–Crippen LogP) is 2.27. The number of likely N-dealkylation sites (tertiary alicyclic amines) is 1. The molecule has 0 aromatic heterocycles. The van der Waals surface area contributed by atoms with Crippen LogP contribution < -0.4 is 5.32 Å². The maximum absolute atomic E-state index is 13.2. The van der Waals surface area contributed by atoms with Crippen molar-refractivity contribution in [3.63, 3.8) is 0 Å². The van der Waals surface area contributed by atoms with E-state index in [4.69, 9.17) is 0 Å². The van der Waals surface area contributed by atoms with Gasteiger partial charge in [0.1, 0.15) is 0 Å². The minimum Gasteiger partial charge on any atom is -0.505 e. The number of benzene rings is 1. The lowest BCUT2D eigenvalue weighted by atomic mass is 10.0. The molecule has 0 aliphatic carbocycles. The third kappa shape index (κ3) is 3.94. The zero-order valence-electron chi connectivity index (χ0n) is 12.6. The number of phenolic OH excluding ortho intramolecular Hbond substituents is 1. The second kappa shape index (κ2) is 6.89. The molecule has 21 heavy (non-hydrogen) atoms. The van der Waals surface area contributed by atoms with Gasteiger partial charge in [-0.05, 0) is 18.9 Å². The number of rotatable bonds is 4. The first-order valence-corrected chi connectivity index (χ1v) is 7.47. The number of hydrogen-bond acceptors (Lipinski definition) is 3. The summed E-state index contributed by atoms with van der Waals surface area (Å²) in [6.45, 7) is 5.78. The normalized spacial score (nSPS) is 16.5. The molecule has 1 fully saturated rings. The first-order chi connectivity index (χ1) is 9.99. The summed E-state index contributed by atoms with van der Waals surface area (Å²) in [6, 6.07) is 4.84. The Morgan fingerprint density at radius 2 is 2.10 bits per heavy atom. The molecule has 4 nitrogen and oxygen atoms in total. The number of phenols is 1. The third-order valence-corrected chi connectivity index (χ3v) is 3.95. The molecule has 2 rings (SSSR count). The average Bonchev–Trinajstić information content (AvgIpc) is 2.48. The molecular weight excluding hydrogens is 271 g/mol. The van der Waals surface area contributed by atoms with Crippen molar-refractivity contribution < 1.29 is 14.3 Å². The van der Waals surface area contributed by atoms with Gasteiger partial charge in [0, 0.05) is 37.2 Å². The van der Waals surface area contributed by atoms with E-state index < -0.39 is 5.82 Å². The van der Waals surface area contributed by atoms with Crippen LogP contribution in [0.25, 0.3) is 0 Å². The van der Waals surface area contributed by atoms with Crippen LogP contribution in [0.1, 0.15) is 32.3 Å². The lowest BCUT2D eigenvalue weighted by Crippen LogP contribution is -2.45. The van der Waals surface area contributed by atoms with E-state index in [1.54, 1.807) is 12.1 Å². The number of carbonyl (C=O) groups excluding carboxylic acids is 1.